The van der Waals surface area contributed by atoms with Crippen molar-refractivity contribution in [3.63, 3.8) is 0 Å². The highest BCUT2D eigenvalue weighted by atomic mass is 32.2. The standard InChI is InChI=1S/C12H16FNOS/c1-9(15)10-3-2-4-11(13)12(10)14-5-7-16-8-6-14/h2-4,9,15H,5-8H2,1H3/t9-/m1/s1. The average Bonchev–Trinajstić information content (AvgIpc) is 2.29. The monoisotopic (exact) mass is 241 g/mol. The number of hydrogen-bond acceptors (Lipinski definition) is 3. The van der Waals surface area contributed by atoms with Gasteiger partial charge in [0.05, 0.1) is 11.8 Å². The van der Waals surface area contributed by atoms with Gasteiger partial charge in [-0.3, -0.25) is 0 Å². The molecule has 0 radical (unpaired) electrons. The Hall–Kier alpha value is -0.740. The Morgan fingerprint density at radius 2 is 2.06 bits per heavy atom. The minimum Gasteiger partial charge on any atom is -0.389 e. The van der Waals surface area contributed by atoms with Crippen molar-refractivity contribution in [3.8, 4) is 0 Å². The summed E-state index contributed by atoms with van der Waals surface area (Å²) in [6.07, 6.45) is -0.625. The Balaban J connectivity index is 2.36. The largest absolute Gasteiger partial charge is 0.389 e. The van der Waals surface area contributed by atoms with Crippen molar-refractivity contribution < 1.29 is 9.50 Å². The zero-order chi connectivity index (χ0) is 11.5. The van der Waals surface area contributed by atoms with Crippen LogP contribution in [0.4, 0.5) is 10.1 Å². The van der Waals surface area contributed by atoms with E-state index in [0.717, 1.165) is 24.6 Å². The van der Waals surface area contributed by atoms with Gasteiger partial charge in [0.15, 0.2) is 0 Å². The molecule has 2 rings (SSSR count). The molecule has 1 aromatic carbocycles. The molecule has 1 aliphatic heterocycles. The van der Waals surface area contributed by atoms with Crippen LogP contribution in [0.3, 0.4) is 0 Å². The van der Waals surface area contributed by atoms with Gasteiger partial charge >= 0.3 is 0 Å². The SMILES string of the molecule is C[C@@H](O)c1cccc(F)c1N1CCSCC1. The molecule has 1 fully saturated rings. The second-order valence-electron chi connectivity index (χ2n) is 3.95. The van der Waals surface area contributed by atoms with Crippen molar-refractivity contribution in [3.05, 3.63) is 29.6 Å². The van der Waals surface area contributed by atoms with E-state index < -0.39 is 6.10 Å². The highest BCUT2D eigenvalue weighted by molar-refractivity contribution is 7.99. The van der Waals surface area contributed by atoms with E-state index >= 15 is 0 Å². The van der Waals surface area contributed by atoms with E-state index in [-0.39, 0.29) is 5.82 Å². The zero-order valence-electron chi connectivity index (χ0n) is 9.32. The van der Waals surface area contributed by atoms with Crippen LogP contribution in [-0.4, -0.2) is 29.7 Å². The second-order valence-corrected chi connectivity index (χ2v) is 5.18. The lowest BCUT2D eigenvalue weighted by Gasteiger charge is -2.31. The van der Waals surface area contributed by atoms with Crippen LogP contribution in [0.25, 0.3) is 0 Å². The summed E-state index contributed by atoms with van der Waals surface area (Å²) < 4.78 is 13.8. The molecule has 0 unspecified atom stereocenters. The molecule has 0 aromatic heterocycles. The number of halogens is 1. The third kappa shape index (κ3) is 2.33. The molecular weight excluding hydrogens is 225 g/mol. The van der Waals surface area contributed by atoms with Crippen LogP contribution in [0.15, 0.2) is 18.2 Å². The van der Waals surface area contributed by atoms with Gasteiger partial charge in [0.25, 0.3) is 0 Å². The third-order valence-corrected chi connectivity index (χ3v) is 3.74. The van der Waals surface area contributed by atoms with Crippen molar-refractivity contribution in [1.82, 2.24) is 0 Å². The summed E-state index contributed by atoms with van der Waals surface area (Å²) in [4.78, 5) is 2.04. The maximum Gasteiger partial charge on any atom is 0.146 e. The normalized spacial score (nSPS) is 18.6. The Bertz CT molecular complexity index is 364. The van der Waals surface area contributed by atoms with Crippen LogP contribution in [0.5, 0.6) is 0 Å². The number of rotatable bonds is 2. The smallest absolute Gasteiger partial charge is 0.146 e. The number of benzene rings is 1. The average molecular weight is 241 g/mol. The first-order chi connectivity index (χ1) is 7.70. The van der Waals surface area contributed by atoms with Gasteiger partial charge in [0.2, 0.25) is 0 Å². The van der Waals surface area contributed by atoms with E-state index in [1.807, 2.05) is 16.7 Å². The molecule has 1 aliphatic rings. The summed E-state index contributed by atoms with van der Waals surface area (Å²) in [7, 11) is 0. The van der Waals surface area contributed by atoms with Crippen LogP contribution >= 0.6 is 11.8 Å². The van der Waals surface area contributed by atoms with E-state index in [1.165, 1.54) is 6.07 Å². The van der Waals surface area contributed by atoms with Gasteiger partial charge in [-0.15, -0.1) is 0 Å². The lowest BCUT2D eigenvalue weighted by molar-refractivity contribution is 0.199. The molecule has 1 heterocycles. The van der Waals surface area contributed by atoms with Gasteiger partial charge in [-0.1, -0.05) is 12.1 Å². The van der Waals surface area contributed by atoms with Crippen LogP contribution in [0.1, 0.15) is 18.6 Å². The number of hydrogen-bond donors (Lipinski definition) is 1. The molecule has 88 valence electrons. The van der Waals surface area contributed by atoms with Crippen molar-refractivity contribution in [2.75, 3.05) is 29.5 Å². The molecule has 1 saturated heterocycles. The van der Waals surface area contributed by atoms with E-state index in [1.54, 1.807) is 19.1 Å². The number of para-hydroxylation sites is 1. The molecule has 1 N–H and O–H groups in total. The topological polar surface area (TPSA) is 23.5 Å². The Morgan fingerprint density at radius 1 is 1.38 bits per heavy atom. The highest BCUT2D eigenvalue weighted by Crippen LogP contribution is 2.30. The summed E-state index contributed by atoms with van der Waals surface area (Å²) in [6, 6.07) is 4.91. The van der Waals surface area contributed by atoms with Crippen molar-refractivity contribution >= 4 is 17.4 Å². The zero-order valence-corrected chi connectivity index (χ0v) is 10.1. The summed E-state index contributed by atoms with van der Waals surface area (Å²) in [5, 5.41) is 9.66. The van der Waals surface area contributed by atoms with Gasteiger partial charge in [-0.2, -0.15) is 11.8 Å². The van der Waals surface area contributed by atoms with Crippen LogP contribution < -0.4 is 4.90 Å². The predicted octanol–water partition coefficient (Wildman–Crippen LogP) is 2.43. The molecular formula is C12H16FNOS. The van der Waals surface area contributed by atoms with E-state index in [4.69, 9.17) is 0 Å². The lowest BCUT2D eigenvalue weighted by Crippen LogP contribution is -2.34. The minimum absolute atomic E-state index is 0.231. The second kappa shape index (κ2) is 5.06. The number of aliphatic hydroxyl groups is 1. The number of nitrogens with zero attached hydrogens (tertiary/aromatic N) is 1. The van der Waals surface area contributed by atoms with Crippen molar-refractivity contribution in [2.24, 2.45) is 0 Å². The first kappa shape index (κ1) is 11.7. The van der Waals surface area contributed by atoms with E-state index in [9.17, 15) is 9.50 Å². The Morgan fingerprint density at radius 3 is 2.69 bits per heavy atom. The number of thioether (sulfide) groups is 1. The predicted molar refractivity (Wildman–Crippen MR) is 66.6 cm³/mol. The summed E-state index contributed by atoms with van der Waals surface area (Å²) >= 11 is 1.89. The van der Waals surface area contributed by atoms with Crippen LogP contribution in [0, 0.1) is 5.82 Å². The molecule has 0 aliphatic carbocycles. The van der Waals surface area contributed by atoms with E-state index in [0.29, 0.717) is 11.3 Å². The van der Waals surface area contributed by atoms with Gasteiger partial charge in [0.1, 0.15) is 5.82 Å². The fraction of sp³-hybridized carbons (Fsp3) is 0.500. The Labute approximate surface area is 99.5 Å². The van der Waals surface area contributed by atoms with E-state index in [2.05, 4.69) is 0 Å². The molecule has 1 aromatic rings. The summed E-state index contributed by atoms with van der Waals surface area (Å²) in [5.41, 5.74) is 1.27. The summed E-state index contributed by atoms with van der Waals surface area (Å²) in [5.74, 6) is 1.81. The highest BCUT2D eigenvalue weighted by Gasteiger charge is 2.20. The fourth-order valence-corrected chi connectivity index (χ4v) is 2.89. The Kier molecular flexibility index (Phi) is 3.71. The minimum atomic E-state index is -0.625. The van der Waals surface area contributed by atoms with Gasteiger partial charge in [0, 0.05) is 30.2 Å². The molecule has 0 saturated carbocycles. The third-order valence-electron chi connectivity index (χ3n) is 2.80. The lowest BCUT2D eigenvalue weighted by atomic mass is 10.1. The molecule has 16 heavy (non-hydrogen) atoms. The van der Waals surface area contributed by atoms with Crippen molar-refractivity contribution in [1.29, 1.82) is 0 Å². The molecule has 1 atom stereocenters. The molecule has 0 spiro atoms. The van der Waals surface area contributed by atoms with Gasteiger partial charge in [-0.05, 0) is 13.0 Å². The van der Waals surface area contributed by atoms with Gasteiger partial charge in [-0.25, -0.2) is 4.39 Å². The first-order valence-corrected chi connectivity index (χ1v) is 6.65. The van der Waals surface area contributed by atoms with Crippen LogP contribution in [0.2, 0.25) is 0 Å². The fourth-order valence-electron chi connectivity index (χ4n) is 1.99. The molecule has 0 bridgehead atoms. The molecule has 2 nitrogen and oxygen atoms in total. The first-order valence-electron chi connectivity index (χ1n) is 5.49. The molecule has 0 amide bonds. The van der Waals surface area contributed by atoms with Crippen molar-refractivity contribution in [2.45, 2.75) is 13.0 Å². The quantitative estimate of drug-likeness (QED) is 0.860. The molecule has 4 heteroatoms. The maximum atomic E-state index is 13.8. The maximum absolute atomic E-state index is 13.8. The number of anilines is 1. The van der Waals surface area contributed by atoms with Crippen LogP contribution in [-0.2, 0) is 0 Å². The number of aliphatic hydroxyl groups excluding tert-OH is 1. The van der Waals surface area contributed by atoms with Gasteiger partial charge < -0.3 is 10.0 Å². The summed E-state index contributed by atoms with van der Waals surface area (Å²) in [6.45, 7) is 3.38.